The first kappa shape index (κ1) is 13.2. The molecule has 19 heavy (non-hydrogen) atoms. The quantitative estimate of drug-likeness (QED) is 0.634. The molecule has 0 saturated heterocycles. The summed E-state index contributed by atoms with van der Waals surface area (Å²) in [6.07, 6.45) is 1.38. The van der Waals surface area contributed by atoms with Crippen molar-refractivity contribution in [3.05, 3.63) is 53.1 Å². The minimum absolute atomic E-state index is 0.0913. The Kier molecular flexibility index (Phi) is 3.92. The van der Waals surface area contributed by atoms with E-state index in [1.165, 1.54) is 12.1 Å². The summed E-state index contributed by atoms with van der Waals surface area (Å²) in [5.41, 5.74) is 2.36. The van der Waals surface area contributed by atoms with Crippen LogP contribution in [-0.2, 0) is 19.4 Å². The van der Waals surface area contributed by atoms with Crippen molar-refractivity contribution in [1.29, 1.82) is 0 Å². The molecule has 2 rings (SSSR count). The van der Waals surface area contributed by atoms with Gasteiger partial charge in [0.1, 0.15) is 5.75 Å². The molecule has 0 bridgehead atoms. The van der Waals surface area contributed by atoms with Gasteiger partial charge in [0.25, 0.3) is 0 Å². The van der Waals surface area contributed by atoms with Gasteiger partial charge in [0.15, 0.2) is 11.5 Å². The Labute approximate surface area is 111 Å². The molecular weight excluding hydrogens is 244 g/mol. The summed E-state index contributed by atoms with van der Waals surface area (Å²) in [7, 11) is 0. The van der Waals surface area contributed by atoms with Gasteiger partial charge in [-0.25, -0.2) is 0 Å². The highest BCUT2D eigenvalue weighted by atomic mass is 16.3. The topological polar surface area (TPSA) is 80.9 Å². The van der Waals surface area contributed by atoms with E-state index in [4.69, 9.17) is 5.11 Å². The molecule has 0 radical (unpaired) electrons. The number of hydrogen-bond acceptors (Lipinski definition) is 4. The fourth-order valence-corrected chi connectivity index (χ4v) is 1.91. The van der Waals surface area contributed by atoms with Crippen molar-refractivity contribution in [1.82, 2.24) is 0 Å². The minimum Gasteiger partial charge on any atom is -0.508 e. The number of phenols is 3. The smallest absolute Gasteiger partial charge is 0.157 e. The molecule has 0 spiro atoms. The lowest BCUT2D eigenvalue weighted by molar-refractivity contribution is 0.275. The molecule has 0 saturated carbocycles. The monoisotopic (exact) mass is 260 g/mol. The van der Waals surface area contributed by atoms with Crippen molar-refractivity contribution in [2.45, 2.75) is 19.4 Å². The Morgan fingerprint density at radius 2 is 1.26 bits per heavy atom. The van der Waals surface area contributed by atoms with Crippen molar-refractivity contribution in [3.63, 3.8) is 0 Å². The molecule has 0 atom stereocenters. The number of rotatable bonds is 4. The van der Waals surface area contributed by atoms with Crippen LogP contribution in [0.25, 0.3) is 0 Å². The number of phenolic OH excluding ortho intramolecular Hbond substituents is 2. The summed E-state index contributed by atoms with van der Waals surface area (Å²) < 4.78 is 0. The number of benzene rings is 2. The van der Waals surface area contributed by atoms with Gasteiger partial charge in [-0.1, -0.05) is 18.2 Å². The van der Waals surface area contributed by atoms with Crippen LogP contribution in [0.15, 0.2) is 36.4 Å². The fourth-order valence-electron chi connectivity index (χ4n) is 1.91. The molecule has 100 valence electrons. The van der Waals surface area contributed by atoms with Crippen molar-refractivity contribution < 1.29 is 20.4 Å². The maximum Gasteiger partial charge on any atom is 0.157 e. The Morgan fingerprint density at radius 1 is 0.684 bits per heavy atom. The third-order valence-corrected chi connectivity index (χ3v) is 3.06. The van der Waals surface area contributed by atoms with E-state index in [2.05, 4.69) is 0 Å². The third-order valence-electron chi connectivity index (χ3n) is 3.06. The van der Waals surface area contributed by atoms with Crippen molar-refractivity contribution >= 4 is 0 Å². The zero-order valence-corrected chi connectivity index (χ0v) is 10.4. The molecule has 0 fully saturated rings. The normalized spacial score (nSPS) is 10.6. The lowest BCUT2D eigenvalue weighted by Gasteiger charge is -2.06. The second kappa shape index (κ2) is 5.63. The van der Waals surface area contributed by atoms with E-state index < -0.39 is 0 Å². The van der Waals surface area contributed by atoms with E-state index in [0.29, 0.717) is 18.4 Å². The fraction of sp³-hybridized carbons (Fsp3) is 0.200. The van der Waals surface area contributed by atoms with Gasteiger partial charge in [-0.15, -0.1) is 0 Å². The SMILES string of the molecule is OCc1ccc(CCc2ccc(O)c(O)c2)cc1O. The predicted molar refractivity (Wildman–Crippen MR) is 71.2 cm³/mol. The molecule has 0 amide bonds. The average molecular weight is 260 g/mol. The zero-order chi connectivity index (χ0) is 13.8. The summed E-state index contributed by atoms with van der Waals surface area (Å²) in [5.74, 6) is -0.168. The number of aromatic hydroxyl groups is 3. The highest BCUT2D eigenvalue weighted by Gasteiger charge is 2.04. The van der Waals surface area contributed by atoms with Crippen LogP contribution in [0.4, 0.5) is 0 Å². The number of aliphatic hydroxyl groups excluding tert-OH is 1. The van der Waals surface area contributed by atoms with Crippen LogP contribution in [-0.4, -0.2) is 20.4 Å². The van der Waals surface area contributed by atoms with Crippen LogP contribution in [0, 0.1) is 0 Å². The molecule has 0 aliphatic rings. The lowest BCUT2D eigenvalue weighted by Crippen LogP contribution is -1.93. The van der Waals surface area contributed by atoms with Crippen LogP contribution in [0.3, 0.4) is 0 Å². The standard InChI is InChI=1S/C15H16O4/c16-9-12-5-3-10(7-14(12)18)1-2-11-4-6-13(17)15(19)8-11/h3-8,16-19H,1-2,9H2. The number of aliphatic hydroxyl groups is 1. The molecule has 2 aromatic carbocycles. The van der Waals surface area contributed by atoms with Crippen LogP contribution in [0.1, 0.15) is 16.7 Å². The highest BCUT2D eigenvalue weighted by Crippen LogP contribution is 2.26. The number of aryl methyl sites for hydroxylation is 2. The van der Waals surface area contributed by atoms with Gasteiger partial charge in [-0.3, -0.25) is 0 Å². The second-order valence-electron chi connectivity index (χ2n) is 4.44. The zero-order valence-electron chi connectivity index (χ0n) is 10.4. The molecule has 0 unspecified atom stereocenters. The van der Waals surface area contributed by atoms with E-state index in [1.54, 1.807) is 18.2 Å². The maximum absolute atomic E-state index is 9.64. The average Bonchev–Trinajstić information content (AvgIpc) is 2.40. The van der Waals surface area contributed by atoms with Crippen LogP contribution in [0.5, 0.6) is 17.2 Å². The summed E-state index contributed by atoms with van der Waals surface area (Å²) >= 11 is 0. The second-order valence-corrected chi connectivity index (χ2v) is 4.44. The minimum atomic E-state index is -0.183. The summed E-state index contributed by atoms with van der Waals surface area (Å²) in [5, 5.41) is 37.2. The molecule has 0 aliphatic carbocycles. The Morgan fingerprint density at radius 3 is 1.79 bits per heavy atom. The Hall–Kier alpha value is -2.20. The molecular formula is C15H16O4. The van der Waals surface area contributed by atoms with Crippen LogP contribution >= 0.6 is 0 Å². The van der Waals surface area contributed by atoms with Gasteiger partial charge in [-0.05, 0) is 42.2 Å². The van der Waals surface area contributed by atoms with Crippen LogP contribution in [0.2, 0.25) is 0 Å². The van der Waals surface area contributed by atoms with Gasteiger partial charge in [0.2, 0.25) is 0 Å². The van der Waals surface area contributed by atoms with E-state index in [0.717, 1.165) is 11.1 Å². The van der Waals surface area contributed by atoms with Gasteiger partial charge in [-0.2, -0.15) is 0 Å². The van der Waals surface area contributed by atoms with Crippen molar-refractivity contribution in [2.75, 3.05) is 0 Å². The van der Waals surface area contributed by atoms with Gasteiger partial charge < -0.3 is 20.4 Å². The van der Waals surface area contributed by atoms with Crippen molar-refractivity contribution in [3.8, 4) is 17.2 Å². The largest absolute Gasteiger partial charge is 0.508 e. The van der Waals surface area contributed by atoms with E-state index in [-0.39, 0.29) is 23.9 Å². The molecule has 0 heterocycles. The van der Waals surface area contributed by atoms with Gasteiger partial charge in [0.05, 0.1) is 6.61 Å². The molecule has 0 aliphatic heterocycles. The van der Waals surface area contributed by atoms with Crippen LogP contribution < -0.4 is 0 Å². The van der Waals surface area contributed by atoms with E-state index in [1.807, 2.05) is 6.07 Å². The first-order valence-electron chi connectivity index (χ1n) is 6.02. The first-order valence-corrected chi connectivity index (χ1v) is 6.02. The number of hydrogen-bond donors (Lipinski definition) is 4. The predicted octanol–water partition coefficient (Wildman–Crippen LogP) is 2.08. The van der Waals surface area contributed by atoms with Crippen molar-refractivity contribution in [2.24, 2.45) is 0 Å². The highest BCUT2D eigenvalue weighted by molar-refractivity contribution is 5.41. The lowest BCUT2D eigenvalue weighted by atomic mass is 10.0. The molecule has 4 N–H and O–H groups in total. The van der Waals surface area contributed by atoms with Gasteiger partial charge in [0, 0.05) is 5.56 Å². The summed E-state index contributed by atoms with van der Waals surface area (Å²) in [4.78, 5) is 0. The third kappa shape index (κ3) is 3.17. The Balaban J connectivity index is 2.05. The van der Waals surface area contributed by atoms with E-state index in [9.17, 15) is 15.3 Å². The van der Waals surface area contributed by atoms with Gasteiger partial charge >= 0.3 is 0 Å². The molecule has 2 aromatic rings. The van der Waals surface area contributed by atoms with E-state index >= 15 is 0 Å². The summed E-state index contributed by atoms with van der Waals surface area (Å²) in [6, 6.07) is 9.90. The maximum atomic E-state index is 9.64. The molecule has 0 aromatic heterocycles. The summed E-state index contributed by atoms with van der Waals surface area (Å²) in [6.45, 7) is -0.183. The Bertz CT molecular complexity index is 578. The first-order chi connectivity index (χ1) is 9.10. The molecule has 4 heteroatoms. The molecule has 4 nitrogen and oxygen atoms in total.